The predicted molar refractivity (Wildman–Crippen MR) is 64.9 cm³/mol. The van der Waals surface area contributed by atoms with Gasteiger partial charge in [-0.2, -0.15) is 4.98 Å². The first kappa shape index (κ1) is 13.0. The van der Waals surface area contributed by atoms with Gasteiger partial charge in [0.15, 0.2) is 0 Å². The zero-order chi connectivity index (χ0) is 13.0. The van der Waals surface area contributed by atoms with Crippen molar-refractivity contribution in [3.63, 3.8) is 0 Å². The van der Waals surface area contributed by atoms with Crippen LogP contribution in [-0.4, -0.2) is 29.7 Å². The minimum absolute atomic E-state index is 0.0148. The number of ether oxygens (including phenoxy) is 2. The Morgan fingerprint density at radius 1 is 1.50 bits per heavy atom. The first-order chi connectivity index (χ1) is 8.66. The summed E-state index contributed by atoms with van der Waals surface area (Å²) in [5.74, 6) is 0.332. The molecule has 1 aromatic rings. The molecule has 0 bridgehead atoms. The van der Waals surface area contributed by atoms with Crippen LogP contribution in [0.4, 0.5) is 5.69 Å². The Labute approximate surface area is 109 Å². The van der Waals surface area contributed by atoms with Crippen LogP contribution in [-0.2, 0) is 4.74 Å². The fourth-order valence-corrected chi connectivity index (χ4v) is 1.91. The number of pyridine rings is 1. The molecule has 0 aromatic carbocycles. The van der Waals surface area contributed by atoms with E-state index in [2.05, 4.69) is 4.98 Å². The zero-order valence-corrected chi connectivity index (χ0v) is 10.4. The Kier molecular flexibility index (Phi) is 4.33. The molecule has 6 nitrogen and oxygen atoms in total. The van der Waals surface area contributed by atoms with Crippen LogP contribution >= 0.6 is 11.6 Å². The first-order valence-electron chi connectivity index (χ1n) is 5.68. The van der Waals surface area contributed by atoms with Crippen molar-refractivity contribution in [3.8, 4) is 5.88 Å². The van der Waals surface area contributed by atoms with Crippen molar-refractivity contribution in [1.29, 1.82) is 0 Å². The van der Waals surface area contributed by atoms with E-state index in [1.165, 1.54) is 12.1 Å². The first-order valence-corrected chi connectivity index (χ1v) is 6.06. The van der Waals surface area contributed by atoms with E-state index in [9.17, 15) is 10.1 Å². The van der Waals surface area contributed by atoms with E-state index in [0.717, 1.165) is 12.8 Å². The van der Waals surface area contributed by atoms with Crippen LogP contribution in [0, 0.1) is 16.0 Å². The van der Waals surface area contributed by atoms with E-state index in [1.807, 2.05) is 0 Å². The van der Waals surface area contributed by atoms with Gasteiger partial charge < -0.3 is 9.47 Å². The number of rotatable bonds is 4. The summed E-state index contributed by atoms with van der Waals surface area (Å²) in [6, 6.07) is 2.68. The molecular weight excluding hydrogens is 260 g/mol. The standard InChI is InChI=1S/C11H13ClN2O4/c12-10-2-1-9(14(15)16)11(13-10)18-7-8-3-5-17-6-4-8/h1-2,8H,3-7H2. The maximum Gasteiger partial charge on any atom is 0.331 e. The molecule has 2 heterocycles. The highest BCUT2D eigenvalue weighted by molar-refractivity contribution is 6.29. The normalized spacial score (nSPS) is 16.5. The average molecular weight is 273 g/mol. The average Bonchev–Trinajstić information content (AvgIpc) is 2.37. The third kappa shape index (κ3) is 3.30. The molecule has 7 heteroatoms. The van der Waals surface area contributed by atoms with Crippen LogP contribution in [0.15, 0.2) is 12.1 Å². The Balaban J connectivity index is 2.03. The zero-order valence-electron chi connectivity index (χ0n) is 9.67. The Morgan fingerprint density at radius 3 is 2.89 bits per heavy atom. The van der Waals surface area contributed by atoms with Crippen molar-refractivity contribution in [1.82, 2.24) is 4.98 Å². The smallest absolute Gasteiger partial charge is 0.331 e. The quantitative estimate of drug-likeness (QED) is 0.478. The number of hydrogen-bond acceptors (Lipinski definition) is 5. The van der Waals surface area contributed by atoms with Gasteiger partial charge in [0.2, 0.25) is 0 Å². The van der Waals surface area contributed by atoms with Gasteiger partial charge in [-0.15, -0.1) is 0 Å². The van der Waals surface area contributed by atoms with E-state index in [0.29, 0.717) is 25.7 Å². The lowest BCUT2D eigenvalue weighted by Gasteiger charge is -2.21. The molecule has 18 heavy (non-hydrogen) atoms. The van der Waals surface area contributed by atoms with E-state index in [1.54, 1.807) is 0 Å². The fourth-order valence-electron chi connectivity index (χ4n) is 1.77. The van der Waals surface area contributed by atoms with Crippen molar-refractivity contribution < 1.29 is 14.4 Å². The molecule has 0 saturated carbocycles. The summed E-state index contributed by atoms with van der Waals surface area (Å²) in [6.07, 6.45) is 1.79. The number of aromatic nitrogens is 1. The van der Waals surface area contributed by atoms with Crippen LogP contribution in [0.25, 0.3) is 0 Å². The van der Waals surface area contributed by atoms with Gasteiger partial charge in [-0.1, -0.05) is 11.6 Å². The summed E-state index contributed by atoms with van der Waals surface area (Å²) in [7, 11) is 0. The monoisotopic (exact) mass is 272 g/mol. The Morgan fingerprint density at radius 2 is 2.22 bits per heavy atom. The summed E-state index contributed by atoms with van der Waals surface area (Å²) in [6.45, 7) is 1.82. The summed E-state index contributed by atoms with van der Waals surface area (Å²) >= 11 is 5.71. The Bertz CT molecular complexity index is 435. The van der Waals surface area contributed by atoms with Crippen LogP contribution in [0.1, 0.15) is 12.8 Å². The lowest BCUT2D eigenvalue weighted by atomic mass is 10.0. The van der Waals surface area contributed by atoms with Crippen molar-refractivity contribution >= 4 is 17.3 Å². The highest BCUT2D eigenvalue weighted by Gasteiger charge is 2.20. The van der Waals surface area contributed by atoms with Crippen LogP contribution in [0.5, 0.6) is 5.88 Å². The topological polar surface area (TPSA) is 74.5 Å². The number of hydrogen-bond donors (Lipinski definition) is 0. The maximum absolute atomic E-state index is 10.8. The molecule has 2 rings (SSSR count). The largest absolute Gasteiger partial charge is 0.472 e. The van der Waals surface area contributed by atoms with Gasteiger partial charge in [-0.05, 0) is 24.8 Å². The number of halogens is 1. The van der Waals surface area contributed by atoms with Gasteiger partial charge in [0, 0.05) is 19.3 Å². The highest BCUT2D eigenvalue weighted by Crippen LogP contribution is 2.27. The van der Waals surface area contributed by atoms with Gasteiger partial charge >= 0.3 is 5.69 Å². The Hall–Kier alpha value is -1.40. The molecule has 1 aromatic heterocycles. The molecule has 0 amide bonds. The summed E-state index contributed by atoms with van der Waals surface area (Å²) < 4.78 is 10.7. The minimum atomic E-state index is -0.525. The van der Waals surface area contributed by atoms with Crippen LogP contribution < -0.4 is 4.74 Å². The van der Waals surface area contributed by atoms with Crippen molar-refractivity contribution in [2.45, 2.75) is 12.8 Å². The molecule has 0 aliphatic carbocycles. The van der Waals surface area contributed by atoms with E-state index in [4.69, 9.17) is 21.1 Å². The molecule has 98 valence electrons. The van der Waals surface area contributed by atoms with E-state index >= 15 is 0 Å². The molecule has 1 aliphatic rings. The second-order valence-corrected chi connectivity index (χ2v) is 4.47. The highest BCUT2D eigenvalue weighted by atomic mass is 35.5. The SMILES string of the molecule is O=[N+]([O-])c1ccc(Cl)nc1OCC1CCOCC1. The predicted octanol–water partition coefficient (Wildman–Crippen LogP) is 2.45. The number of nitro groups is 1. The summed E-state index contributed by atoms with van der Waals surface area (Å²) in [5.41, 5.74) is -0.161. The number of nitrogens with zero attached hydrogens (tertiary/aromatic N) is 2. The maximum atomic E-state index is 10.8. The lowest BCUT2D eigenvalue weighted by molar-refractivity contribution is -0.386. The third-order valence-corrected chi connectivity index (χ3v) is 3.01. The van der Waals surface area contributed by atoms with Gasteiger partial charge in [-0.25, -0.2) is 0 Å². The van der Waals surface area contributed by atoms with Gasteiger partial charge in [0.25, 0.3) is 5.88 Å². The second kappa shape index (κ2) is 5.97. The van der Waals surface area contributed by atoms with Crippen LogP contribution in [0.2, 0.25) is 5.15 Å². The molecule has 1 aliphatic heterocycles. The summed E-state index contributed by atoms with van der Waals surface area (Å²) in [5, 5.41) is 11.0. The van der Waals surface area contributed by atoms with Crippen LogP contribution in [0.3, 0.4) is 0 Å². The van der Waals surface area contributed by atoms with Gasteiger partial charge in [0.1, 0.15) is 5.15 Å². The van der Waals surface area contributed by atoms with E-state index in [-0.39, 0.29) is 16.7 Å². The second-order valence-electron chi connectivity index (χ2n) is 4.08. The molecule has 0 N–H and O–H groups in total. The molecule has 0 spiro atoms. The summed E-state index contributed by atoms with van der Waals surface area (Å²) in [4.78, 5) is 14.1. The molecule has 1 saturated heterocycles. The fraction of sp³-hybridized carbons (Fsp3) is 0.545. The lowest BCUT2D eigenvalue weighted by Crippen LogP contribution is -2.21. The van der Waals surface area contributed by atoms with Crippen molar-refractivity contribution in [2.75, 3.05) is 19.8 Å². The van der Waals surface area contributed by atoms with Gasteiger partial charge in [0.05, 0.1) is 11.5 Å². The molecule has 0 radical (unpaired) electrons. The molecular formula is C11H13ClN2O4. The van der Waals surface area contributed by atoms with Crippen molar-refractivity contribution in [3.05, 3.63) is 27.4 Å². The molecule has 1 fully saturated rings. The van der Waals surface area contributed by atoms with Crippen molar-refractivity contribution in [2.24, 2.45) is 5.92 Å². The third-order valence-electron chi connectivity index (χ3n) is 2.80. The minimum Gasteiger partial charge on any atom is -0.472 e. The molecule has 0 atom stereocenters. The molecule has 0 unspecified atom stereocenters. The van der Waals surface area contributed by atoms with E-state index < -0.39 is 4.92 Å². The van der Waals surface area contributed by atoms with Gasteiger partial charge in [-0.3, -0.25) is 10.1 Å².